The Morgan fingerprint density at radius 3 is 2.17 bits per heavy atom. The van der Waals surface area contributed by atoms with E-state index in [2.05, 4.69) is 0 Å². The minimum absolute atomic E-state index is 0. The lowest BCUT2D eigenvalue weighted by molar-refractivity contribution is -0.116. The van der Waals surface area contributed by atoms with Gasteiger partial charge in [0.1, 0.15) is 0 Å². The van der Waals surface area contributed by atoms with Gasteiger partial charge in [0, 0.05) is 6.54 Å². The van der Waals surface area contributed by atoms with Crippen LogP contribution in [0.1, 0.15) is 13.8 Å². The van der Waals surface area contributed by atoms with Gasteiger partial charge in [-0.25, -0.2) is 4.39 Å². The average Bonchev–Trinajstić information content (AvgIpc) is 1.99. The Labute approximate surface area is 83.5 Å². The van der Waals surface area contributed by atoms with Gasteiger partial charge in [-0.15, -0.1) is 12.4 Å². The second kappa shape index (κ2) is 7.77. The maximum Gasteiger partial charge on any atom is 0.257 e. The van der Waals surface area contributed by atoms with Crippen LogP contribution in [-0.4, -0.2) is 35.9 Å². The maximum atomic E-state index is 12.6. The van der Waals surface area contributed by atoms with Gasteiger partial charge >= 0.3 is 0 Å². The molecule has 0 aromatic carbocycles. The first-order chi connectivity index (χ1) is 5.11. The van der Waals surface area contributed by atoms with E-state index in [-0.39, 0.29) is 19.0 Å². The highest BCUT2D eigenvalue weighted by atomic mass is 35.5. The Morgan fingerprint density at radius 2 is 1.92 bits per heavy atom. The van der Waals surface area contributed by atoms with E-state index in [1.54, 1.807) is 0 Å². The number of hydrogen-bond donors (Lipinski definition) is 0. The highest BCUT2D eigenvalue weighted by Gasteiger charge is 2.16. The van der Waals surface area contributed by atoms with Crippen LogP contribution in [0.3, 0.4) is 0 Å². The largest absolute Gasteiger partial charge is 0.300 e. The van der Waals surface area contributed by atoms with E-state index in [0.29, 0.717) is 0 Å². The van der Waals surface area contributed by atoms with Crippen molar-refractivity contribution < 1.29 is 9.18 Å². The van der Waals surface area contributed by atoms with Gasteiger partial charge in [0.25, 0.3) is 5.24 Å². The van der Waals surface area contributed by atoms with Gasteiger partial charge in [0.2, 0.25) is 0 Å². The van der Waals surface area contributed by atoms with Gasteiger partial charge < -0.3 is 4.90 Å². The zero-order valence-corrected chi connectivity index (χ0v) is 8.79. The van der Waals surface area contributed by atoms with Crippen LogP contribution < -0.4 is 0 Å². The fourth-order valence-corrected chi connectivity index (χ4v) is 0.849. The van der Waals surface area contributed by atoms with Crippen molar-refractivity contribution in [2.24, 2.45) is 0 Å². The number of nitrogens with zero attached hydrogens (tertiary/aromatic N) is 1. The first-order valence-corrected chi connectivity index (χ1v) is 4.05. The summed E-state index contributed by atoms with van der Waals surface area (Å²) in [6, 6.07) is 0. The normalized spacial score (nSPS) is 12.4. The van der Waals surface area contributed by atoms with Crippen LogP contribution in [0.25, 0.3) is 0 Å². The Morgan fingerprint density at radius 1 is 1.50 bits per heavy atom. The molecular weight excluding hydrogens is 204 g/mol. The van der Waals surface area contributed by atoms with Gasteiger partial charge in [-0.2, -0.15) is 0 Å². The lowest BCUT2D eigenvalue weighted by Crippen LogP contribution is -2.32. The van der Waals surface area contributed by atoms with E-state index in [1.807, 2.05) is 18.7 Å². The zero-order valence-electron chi connectivity index (χ0n) is 7.22. The van der Waals surface area contributed by atoms with E-state index in [9.17, 15) is 9.18 Å². The van der Waals surface area contributed by atoms with E-state index in [4.69, 9.17) is 11.6 Å². The molecule has 0 heterocycles. The molecule has 0 amide bonds. The molecule has 0 bridgehead atoms. The molecule has 0 aromatic rings. The molecule has 0 rings (SSSR count). The molecule has 5 heteroatoms. The molecule has 12 heavy (non-hydrogen) atoms. The van der Waals surface area contributed by atoms with Crippen LogP contribution in [0.2, 0.25) is 0 Å². The molecular formula is C7H14Cl2FNO. The molecule has 0 spiro atoms. The number of halogens is 3. The Balaban J connectivity index is 0. The highest BCUT2D eigenvalue weighted by Crippen LogP contribution is 2.00. The summed E-state index contributed by atoms with van der Waals surface area (Å²) >= 11 is 4.95. The van der Waals surface area contributed by atoms with Gasteiger partial charge in [-0.05, 0) is 24.7 Å². The van der Waals surface area contributed by atoms with Crippen molar-refractivity contribution in [2.45, 2.75) is 20.0 Å². The smallest absolute Gasteiger partial charge is 0.257 e. The van der Waals surface area contributed by atoms with Crippen molar-refractivity contribution >= 4 is 29.3 Å². The Hall–Kier alpha value is 0.140. The Bertz CT molecular complexity index is 131. The quantitative estimate of drug-likeness (QED) is 0.656. The fraction of sp³-hybridized carbons (Fsp3) is 0.857. The predicted molar refractivity (Wildman–Crippen MR) is 50.8 cm³/mol. The molecule has 0 aliphatic heterocycles. The molecule has 0 aliphatic rings. The predicted octanol–water partition coefficient (Wildman–Crippen LogP) is 1.85. The molecule has 0 N–H and O–H groups in total. The van der Waals surface area contributed by atoms with Gasteiger partial charge in [0.05, 0.1) is 0 Å². The lowest BCUT2D eigenvalue weighted by atomic mass is 10.3. The highest BCUT2D eigenvalue weighted by molar-refractivity contribution is 6.64. The number of hydrogen-bond acceptors (Lipinski definition) is 2. The minimum Gasteiger partial charge on any atom is -0.300 e. The molecule has 0 fully saturated rings. The third-order valence-electron chi connectivity index (χ3n) is 1.56. The van der Waals surface area contributed by atoms with Crippen LogP contribution in [0.4, 0.5) is 4.39 Å². The van der Waals surface area contributed by atoms with E-state index >= 15 is 0 Å². The number of rotatable bonds is 5. The SMILES string of the molecule is CCN(CC)CC(F)C(=O)Cl.Cl. The number of carbonyl (C=O) groups is 1. The van der Waals surface area contributed by atoms with E-state index < -0.39 is 11.4 Å². The van der Waals surface area contributed by atoms with Crippen LogP contribution in [0.15, 0.2) is 0 Å². The molecule has 1 unspecified atom stereocenters. The average molecular weight is 218 g/mol. The third-order valence-corrected chi connectivity index (χ3v) is 1.80. The van der Waals surface area contributed by atoms with Gasteiger partial charge in [-0.3, -0.25) is 4.79 Å². The standard InChI is InChI=1S/C7H13ClFNO.ClH/c1-3-10(4-2)5-6(9)7(8)11;/h6H,3-5H2,1-2H3;1H. The van der Waals surface area contributed by atoms with Crippen molar-refractivity contribution in [3.8, 4) is 0 Å². The van der Waals surface area contributed by atoms with E-state index in [0.717, 1.165) is 13.1 Å². The first-order valence-electron chi connectivity index (χ1n) is 3.67. The van der Waals surface area contributed by atoms with Crippen molar-refractivity contribution in [1.29, 1.82) is 0 Å². The molecule has 0 aliphatic carbocycles. The molecule has 0 saturated carbocycles. The summed E-state index contributed by atoms with van der Waals surface area (Å²) in [7, 11) is 0. The minimum atomic E-state index is -1.54. The molecule has 0 saturated heterocycles. The molecule has 0 aromatic heterocycles. The zero-order chi connectivity index (χ0) is 8.85. The molecule has 2 nitrogen and oxygen atoms in total. The van der Waals surface area contributed by atoms with Crippen molar-refractivity contribution in [3.05, 3.63) is 0 Å². The third kappa shape index (κ3) is 5.75. The molecule has 0 radical (unpaired) electrons. The topological polar surface area (TPSA) is 20.3 Å². The van der Waals surface area contributed by atoms with Crippen molar-refractivity contribution in [2.75, 3.05) is 19.6 Å². The summed E-state index contributed by atoms with van der Waals surface area (Å²) in [6.45, 7) is 5.40. The monoisotopic (exact) mass is 217 g/mol. The summed E-state index contributed by atoms with van der Waals surface area (Å²) in [5.41, 5.74) is 0. The molecule has 1 atom stereocenters. The first kappa shape index (κ1) is 14.7. The Kier molecular flexibility index (Phi) is 9.49. The van der Waals surface area contributed by atoms with Gasteiger partial charge in [0.15, 0.2) is 6.17 Å². The summed E-state index contributed by atoms with van der Waals surface area (Å²) in [5, 5.41) is -0.906. The van der Waals surface area contributed by atoms with E-state index in [1.165, 1.54) is 0 Å². The summed E-state index contributed by atoms with van der Waals surface area (Å²) in [5.74, 6) is 0. The van der Waals surface area contributed by atoms with Crippen LogP contribution in [-0.2, 0) is 4.79 Å². The van der Waals surface area contributed by atoms with Crippen molar-refractivity contribution in [1.82, 2.24) is 4.90 Å². The number of alkyl halides is 1. The van der Waals surface area contributed by atoms with Crippen LogP contribution in [0, 0.1) is 0 Å². The number of carbonyl (C=O) groups excluding carboxylic acids is 1. The molecule has 74 valence electrons. The lowest BCUT2D eigenvalue weighted by Gasteiger charge is -2.18. The second-order valence-corrected chi connectivity index (χ2v) is 2.63. The summed E-state index contributed by atoms with van der Waals surface area (Å²) in [4.78, 5) is 12.1. The maximum absolute atomic E-state index is 12.6. The van der Waals surface area contributed by atoms with Crippen LogP contribution in [0.5, 0.6) is 0 Å². The fourth-order valence-electron chi connectivity index (χ4n) is 0.780. The van der Waals surface area contributed by atoms with Crippen molar-refractivity contribution in [3.63, 3.8) is 0 Å². The van der Waals surface area contributed by atoms with Crippen LogP contribution >= 0.6 is 24.0 Å². The summed E-state index contributed by atoms with van der Waals surface area (Å²) in [6.07, 6.45) is -1.54. The second-order valence-electron chi connectivity index (χ2n) is 2.26. The summed E-state index contributed by atoms with van der Waals surface area (Å²) < 4.78 is 12.6. The van der Waals surface area contributed by atoms with Gasteiger partial charge in [-0.1, -0.05) is 13.8 Å².